The Kier molecular flexibility index (Phi) is 8.98. The second-order valence-corrected chi connectivity index (χ2v) is 17.8. The van der Waals surface area contributed by atoms with E-state index in [-0.39, 0.29) is 34.8 Å². The summed E-state index contributed by atoms with van der Waals surface area (Å²) in [4.78, 5) is 14.7. The molecule has 1 aliphatic carbocycles. The second kappa shape index (κ2) is 11.8. The fraction of sp³-hybridized carbons (Fsp3) is 0.545. The topological polar surface area (TPSA) is 48.0 Å². The molecule has 0 bridgehead atoms. The fourth-order valence-corrected chi connectivity index (χ4v) is 6.90. The Bertz CT molecular complexity index is 1280. The Morgan fingerprint density at radius 1 is 1.15 bits per heavy atom. The first kappa shape index (κ1) is 30.5. The highest BCUT2D eigenvalue weighted by atomic mass is 28.4. The molecule has 0 unspecified atom stereocenters. The number of carbonyl (C=O) groups is 1. The van der Waals surface area contributed by atoms with E-state index in [9.17, 15) is 4.79 Å². The van der Waals surface area contributed by atoms with Crippen molar-refractivity contribution in [2.24, 2.45) is 5.92 Å². The van der Waals surface area contributed by atoms with Crippen LogP contribution in [0.1, 0.15) is 69.3 Å². The molecule has 1 aliphatic heterocycles. The third-order valence-electron chi connectivity index (χ3n) is 9.22. The Morgan fingerprint density at radius 3 is 2.52 bits per heavy atom. The Labute approximate surface area is 240 Å². The van der Waals surface area contributed by atoms with Gasteiger partial charge in [0.25, 0.3) is 0 Å². The molecule has 218 valence electrons. The smallest absolute Gasteiger partial charge is 0.309 e. The average molecular weight is 568 g/mol. The van der Waals surface area contributed by atoms with E-state index in [1.165, 1.54) is 35.4 Å². The lowest BCUT2D eigenvalue weighted by Gasteiger charge is -2.43. The van der Waals surface area contributed by atoms with Crippen molar-refractivity contribution in [3.8, 4) is 5.75 Å². The summed E-state index contributed by atoms with van der Waals surface area (Å²) >= 11 is 0. The molecule has 4 rings (SSSR count). The van der Waals surface area contributed by atoms with Gasteiger partial charge in [0.2, 0.25) is 0 Å². The van der Waals surface area contributed by atoms with Gasteiger partial charge in [0.15, 0.2) is 8.32 Å². The molecule has 0 fully saturated rings. The van der Waals surface area contributed by atoms with Crippen LogP contribution in [0.5, 0.6) is 5.75 Å². The van der Waals surface area contributed by atoms with Gasteiger partial charge in [0, 0.05) is 18.2 Å². The Balaban J connectivity index is 1.69. The quantitative estimate of drug-likeness (QED) is 0.179. The highest BCUT2D eigenvalue weighted by Gasteiger charge is 2.42. The number of ether oxygens (including phenoxy) is 2. The predicted octanol–water partition coefficient (Wildman–Crippen LogP) is 7.49. The first-order chi connectivity index (χ1) is 18.8. The van der Waals surface area contributed by atoms with E-state index >= 15 is 4.39 Å². The average Bonchev–Trinajstić information content (AvgIpc) is 3.26. The van der Waals surface area contributed by atoms with Gasteiger partial charge in [0.1, 0.15) is 18.2 Å². The maximum absolute atomic E-state index is 15.9. The number of methoxy groups -OCH3 is 1. The lowest BCUT2D eigenvalue weighted by atomic mass is 9.83. The summed E-state index contributed by atoms with van der Waals surface area (Å²) in [5, 5.41) is 0.124. The highest BCUT2D eigenvalue weighted by Crippen LogP contribution is 2.50. The number of hydrogen-bond acceptors (Lipinski definition) is 5. The van der Waals surface area contributed by atoms with Gasteiger partial charge in [-0.1, -0.05) is 52.0 Å². The molecule has 3 atom stereocenters. The van der Waals surface area contributed by atoms with Crippen molar-refractivity contribution in [3.63, 3.8) is 0 Å². The molecule has 2 aromatic rings. The van der Waals surface area contributed by atoms with Gasteiger partial charge in [-0.15, -0.1) is 0 Å². The summed E-state index contributed by atoms with van der Waals surface area (Å²) in [5.41, 5.74) is 6.50. The maximum atomic E-state index is 15.9. The van der Waals surface area contributed by atoms with E-state index in [4.69, 9.17) is 13.9 Å². The summed E-state index contributed by atoms with van der Waals surface area (Å²) in [7, 11) is -0.465. The number of nitrogens with zero attached hydrogens (tertiary/aromatic N) is 1. The lowest BCUT2D eigenvalue weighted by molar-refractivity contribution is -0.145. The van der Waals surface area contributed by atoms with Crippen LogP contribution in [-0.2, 0) is 20.4 Å². The molecule has 2 aromatic carbocycles. The van der Waals surface area contributed by atoms with Gasteiger partial charge in [-0.05, 0) is 84.8 Å². The van der Waals surface area contributed by atoms with Crippen LogP contribution in [0.3, 0.4) is 0 Å². The minimum atomic E-state index is -1.88. The van der Waals surface area contributed by atoms with Crippen LogP contribution < -0.4 is 4.74 Å². The van der Waals surface area contributed by atoms with E-state index in [1.807, 2.05) is 13.8 Å². The van der Waals surface area contributed by atoms with Crippen molar-refractivity contribution in [2.45, 2.75) is 84.6 Å². The van der Waals surface area contributed by atoms with E-state index in [0.29, 0.717) is 31.1 Å². The minimum absolute atomic E-state index is 0.114. The van der Waals surface area contributed by atoms with Gasteiger partial charge >= 0.3 is 5.97 Å². The molecule has 0 saturated heterocycles. The van der Waals surface area contributed by atoms with Gasteiger partial charge < -0.3 is 13.9 Å². The molecule has 0 amide bonds. The van der Waals surface area contributed by atoms with Crippen LogP contribution in [0.4, 0.5) is 4.39 Å². The molecule has 0 aromatic heterocycles. The molecule has 40 heavy (non-hydrogen) atoms. The van der Waals surface area contributed by atoms with Crippen LogP contribution in [0.25, 0.3) is 5.57 Å². The summed E-state index contributed by atoms with van der Waals surface area (Å²) in [5.74, 6) is -0.167. The fourth-order valence-electron chi connectivity index (χ4n) is 5.87. The zero-order chi connectivity index (χ0) is 29.4. The summed E-state index contributed by atoms with van der Waals surface area (Å²) in [6, 6.07) is 11.6. The second-order valence-electron chi connectivity index (χ2n) is 13.0. The van der Waals surface area contributed by atoms with Crippen LogP contribution in [0, 0.1) is 18.7 Å². The Morgan fingerprint density at radius 2 is 1.85 bits per heavy atom. The maximum Gasteiger partial charge on any atom is 0.309 e. The number of hydrogen-bond donors (Lipinski definition) is 0. The summed E-state index contributed by atoms with van der Waals surface area (Å²) in [6.45, 7) is 18.5. The van der Waals surface area contributed by atoms with E-state index < -0.39 is 8.32 Å². The highest BCUT2D eigenvalue weighted by molar-refractivity contribution is 6.74. The molecule has 0 radical (unpaired) electrons. The van der Waals surface area contributed by atoms with Crippen molar-refractivity contribution in [3.05, 3.63) is 70.0 Å². The largest absolute Gasteiger partial charge is 0.491 e. The van der Waals surface area contributed by atoms with Crippen LogP contribution in [0.2, 0.25) is 18.1 Å². The zero-order valence-corrected chi connectivity index (χ0v) is 26.7. The third kappa shape index (κ3) is 5.92. The molecular formula is C33H46FNO4Si. The number of benzene rings is 2. The Hall–Kier alpha value is -2.48. The minimum Gasteiger partial charge on any atom is -0.491 e. The van der Waals surface area contributed by atoms with Gasteiger partial charge in [0.05, 0.1) is 25.7 Å². The SMILES string of the molecule is COC(=O)[C@@H](C)CN1[C@H](C)CC2=C(Cc3ccccc32)[C@H]1c1c(F)ccc(OCCO[Si](C)(C)C(C)(C)C)c1C. The monoisotopic (exact) mass is 567 g/mol. The number of fused-ring (bicyclic) bond motifs is 2. The molecule has 0 spiro atoms. The van der Waals surface area contributed by atoms with E-state index in [1.54, 1.807) is 6.07 Å². The van der Waals surface area contributed by atoms with E-state index in [2.05, 4.69) is 70.0 Å². The molecule has 2 aliphatic rings. The standard InChI is InChI=1S/C33H46FNO4Si/c1-21(32(36)37-7)20-35-22(2)18-26-25-13-11-10-12-24(25)19-27(26)31(35)30-23(3)29(15-14-28(30)34)38-16-17-39-40(8,9)33(4,5)6/h10-15,21-22,31H,16-20H2,1-9H3/t21-,22+,31-/m0/s1. The molecule has 5 nitrogen and oxygen atoms in total. The first-order valence-electron chi connectivity index (χ1n) is 14.5. The molecule has 0 saturated carbocycles. The van der Waals surface area contributed by atoms with E-state index in [0.717, 1.165) is 18.4 Å². The number of halogens is 1. The van der Waals surface area contributed by atoms with Crippen LogP contribution in [0.15, 0.2) is 42.0 Å². The molecular weight excluding hydrogens is 521 g/mol. The normalized spacial score (nSPS) is 20.2. The summed E-state index contributed by atoms with van der Waals surface area (Å²) in [6.07, 6.45) is 1.63. The first-order valence-corrected chi connectivity index (χ1v) is 17.4. The molecule has 0 N–H and O–H groups in total. The van der Waals surface area contributed by atoms with Gasteiger partial charge in [-0.3, -0.25) is 9.69 Å². The number of esters is 1. The van der Waals surface area contributed by atoms with Crippen molar-refractivity contribution in [1.29, 1.82) is 0 Å². The number of rotatable bonds is 9. The zero-order valence-electron chi connectivity index (χ0n) is 25.7. The third-order valence-corrected chi connectivity index (χ3v) is 13.8. The van der Waals surface area contributed by atoms with Crippen LogP contribution >= 0.6 is 0 Å². The predicted molar refractivity (Wildman–Crippen MR) is 162 cm³/mol. The molecule has 7 heteroatoms. The van der Waals surface area contributed by atoms with Crippen molar-refractivity contribution < 1.29 is 23.1 Å². The van der Waals surface area contributed by atoms with Crippen LogP contribution in [-0.4, -0.2) is 52.1 Å². The lowest BCUT2D eigenvalue weighted by Crippen LogP contribution is -2.45. The summed E-state index contributed by atoms with van der Waals surface area (Å²) < 4.78 is 33.5. The van der Waals surface area contributed by atoms with Crippen molar-refractivity contribution in [2.75, 3.05) is 26.9 Å². The van der Waals surface area contributed by atoms with Gasteiger partial charge in [-0.25, -0.2) is 4.39 Å². The van der Waals surface area contributed by atoms with Crippen molar-refractivity contribution in [1.82, 2.24) is 4.90 Å². The molecule has 1 heterocycles. The number of carbonyl (C=O) groups excluding carboxylic acids is 1. The van der Waals surface area contributed by atoms with Crippen molar-refractivity contribution >= 4 is 19.9 Å². The van der Waals surface area contributed by atoms with Gasteiger partial charge in [-0.2, -0.15) is 0 Å².